The zero-order valence-electron chi connectivity index (χ0n) is 6.89. The van der Waals surface area contributed by atoms with Gasteiger partial charge in [0.05, 0.1) is 0 Å². The van der Waals surface area contributed by atoms with Crippen LogP contribution in [0.1, 0.15) is 20.3 Å². The molecular formula is C6H16NOPS. The molecule has 4 heteroatoms. The van der Waals surface area contributed by atoms with Gasteiger partial charge in [0.25, 0.3) is 0 Å². The molecule has 0 rings (SSSR count). The predicted octanol–water partition coefficient (Wildman–Crippen LogP) is 2.56. The third-order valence-corrected chi connectivity index (χ3v) is 6.90. The van der Waals surface area contributed by atoms with E-state index in [1.165, 1.54) is 0 Å². The molecule has 1 unspecified atom stereocenters. The molecule has 0 spiro atoms. The smallest absolute Gasteiger partial charge is 0.200 e. The summed E-state index contributed by atoms with van der Waals surface area (Å²) >= 11 is 1.57. The molecule has 0 aromatic carbocycles. The van der Waals surface area contributed by atoms with Crippen molar-refractivity contribution >= 4 is 17.9 Å². The number of hydrogen-bond donors (Lipinski definition) is 1. The third-order valence-electron chi connectivity index (χ3n) is 1.26. The van der Waals surface area contributed by atoms with Gasteiger partial charge < -0.3 is 0 Å². The molecule has 0 aliphatic carbocycles. The SMILES string of the molecule is CCCSP(=O)(CC)NC. The molecule has 0 radical (unpaired) electrons. The fraction of sp³-hybridized carbons (Fsp3) is 1.00. The van der Waals surface area contributed by atoms with Crippen LogP contribution >= 0.6 is 17.9 Å². The molecule has 1 atom stereocenters. The monoisotopic (exact) mass is 181 g/mol. The summed E-state index contributed by atoms with van der Waals surface area (Å²) in [6.45, 7) is 2.03. The van der Waals surface area contributed by atoms with E-state index in [4.69, 9.17) is 0 Å². The van der Waals surface area contributed by atoms with Crippen LogP contribution < -0.4 is 5.09 Å². The minimum atomic E-state index is -2.03. The fourth-order valence-corrected chi connectivity index (χ4v) is 4.03. The minimum Gasteiger partial charge on any atom is -0.295 e. The maximum atomic E-state index is 11.6. The average molecular weight is 181 g/mol. The van der Waals surface area contributed by atoms with Crippen LogP contribution in [0.2, 0.25) is 0 Å². The molecule has 0 fully saturated rings. The second-order valence-corrected chi connectivity index (χ2v) is 7.68. The van der Waals surface area contributed by atoms with E-state index in [1.807, 2.05) is 6.92 Å². The van der Waals surface area contributed by atoms with Crippen molar-refractivity contribution in [3.05, 3.63) is 0 Å². The predicted molar refractivity (Wildman–Crippen MR) is 50.0 cm³/mol. The molecule has 0 aromatic rings. The normalized spacial score (nSPS) is 16.7. The first-order valence-electron chi connectivity index (χ1n) is 3.61. The molecular weight excluding hydrogens is 165 g/mol. The van der Waals surface area contributed by atoms with Crippen molar-refractivity contribution in [2.75, 3.05) is 19.0 Å². The van der Waals surface area contributed by atoms with E-state index >= 15 is 0 Å². The summed E-state index contributed by atoms with van der Waals surface area (Å²) in [6.07, 6.45) is 1.84. The van der Waals surface area contributed by atoms with Crippen LogP contribution in [-0.4, -0.2) is 19.0 Å². The highest BCUT2D eigenvalue weighted by molar-refractivity contribution is 8.57. The summed E-state index contributed by atoms with van der Waals surface area (Å²) in [5, 5.41) is 2.88. The summed E-state index contributed by atoms with van der Waals surface area (Å²) < 4.78 is 11.6. The van der Waals surface area contributed by atoms with Crippen LogP contribution in [0.4, 0.5) is 0 Å². The molecule has 2 nitrogen and oxygen atoms in total. The van der Waals surface area contributed by atoms with Crippen molar-refractivity contribution in [3.8, 4) is 0 Å². The molecule has 0 heterocycles. The Balaban J connectivity index is 3.70. The number of rotatable bonds is 5. The Morgan fingerprint density at radius 2 is 2.10 bits per heavy atom. The van der Waals surface area contributed by atoms with Gasteiger partial charge in [-0.05, 0) is 13.5 Å². The second kappa shape index (κ2) is 5.22. The van der Waals surface area contributed by atoms with E-state index in [0.29, 0.717) is 0 Å². The Labute approximate surface area is 67.3 Å². The highest BCUT2D eigenvalue weighted by atomic mass is 32.7. The van der Waals surface area contributed by atoms with Gasteiger partial charge in [-0.3, -0.25) is 9.65 Å². The summed E-state index contributed by atoms with van der Waals surface area (Å²) in [4.78, 5) is 0. The lowest BCUT2D eigenvalue weighted by Crippen LogP contribution is -2.01. The summed E-state index contributed by atoms with van der Waals surface area (Å²) in [5.41, 5.74) is 0. The highest BCUT2D eigenvalue weighted by Crippen LogP contribution is 2.53. The first-order valence-corrected chi connectivity index (χ1v) is 7.09. The quantitative estimate of drug-likeness (QED) is 0.661. The van der Waals surface area contributed by atoms with E-state index in [-0.39, 0.29) is 0 Å². The van der Waals surface area contributed by atoms with Crippen LogP contribution in [0.5, 0.6) is 0 Å². The van der Waals surface area contributed by atoms with Gasteiger partial charge in [0, 0.05) is 11.9 Å². The van der Waals surface area contributed by atoms with Crippen LogP contribution in [0.3, 0.4) is 0 Å². The molecule has 0 saturated carbocycles. The molecule has 1 N–H and O–H groups in total. The second-order valence-electron chi connectivity index (χ2n) is 2.05. The van der Waals surface area contributed by atoms with Crippen molar-refractivity contribution in [1.29, 1.82) is 0 Å². The molecule has 0 aliphatic heterocycles. The van der Waals surface area contributed by atoms with Gasteiger partial charge >= 0.3 is 0 Å². The van der Waals surface area contributed by atoms with Crippen molar-refractivity contribution < 1.29 is 4.57 Å². The van der Waals surface area contributed by atoms with Crippen LogP contribution in [0, 0.1) is 0 Å². The Hall–Kier alpha value is 0.540. The Morgan fingerprint density at radius 3 is 2.40 bits per heavy atom. The molecule has 62 valence electrons. The van der Waals surface area contributed by atoms with Crippen LogP contribution in [-0.2, 0) is 4.57 Å². The molecule has 0 bridgehead atoms. The Morgan fingerprint density at radius 1 is 1.50 bits per heavy atom. The summed E-state index contributed by atoms with van der Waals surface area (Å²) in [6, 6.07) is 0. The first-order chi connectivity index (χ1) is 4.68. The van der Waals surface area contributed by atoms with Gasteiger partial charge in [-0.25, -0.2) is 0 Å². The van der Waals surface area contributed by atoms with Crippen molar-refractivity contribution in [2.24, 2.45) is 0 Å². The molecule has 0 saturated heterocycles. The average Bonchev–Trinajstić information content (AvgIpc) is 2.00. The van der Waals surface area contributed by atoms with Gasteiger partial charge in [-0.1, -0.05) is 25.2 Å². The largest absolute Gasteiger partial charge is 0.295 e. The minimum absolute atomic E-state index is 0.744. The van der Waals surface area contributed by atoms with Gasteiger partial charge in [0.1, 0.15) is 0 Å². The lowest BCUT2D eigenvalue weighted by Gasteiger charge is -2.12. The van der Waals surface area contributed by atoms with Gasteiger partial charge in [0.15, 0.2) is 6.49 Å². The fourth-order valence-electron chi connectivity index (χ4n) is 0.553. The Kier molecular flexibility index (Phi) is 5.51. The third kappa shape index (κ3) is 3.65. The standard InChI is InChI=1S/C6H16NOPS/c1-4-6-10-9(8,5-2)7-3/h4-6H2,1-3H3,(H,7,8). The van der Waals surface area contributed by atoms with Crippen LogP contribution in [0.15, 0.2) is 0 Å². The van der Waals surface area contributed by atoms with Crippen molar-refractivity contribution in [2.45, 2.75) is 20.3 Å². The van der Waals surface area contributed by atoms with Crippen molar-refractivity contribution in [3.63, 3.8) is 0 Å². The van der Waals surface area contributed by atoms with E-state index in [1.54, 1.807) is 18.4 Å². The van der Waals surface area contributed by atoms with E-state index in [0.717, 1.165) is 18.3 Å². The molecule has 0 aromatic heterocycles. The lowest BCUT2D eigenvalue weighted by molar-refractivity contribution is 0.580. The van der Waals surface area contributed by atoms with E-state index < -0.39 is 6.49 Å². The highest BCUT2D eigenvalue weighted by Gasteiger charge is 2.15. The maximum Gasteiger partial charge on any atom is 0.200 e. The van der Waals surface area contributed by atoms with Crippen molar-refractivity contribution in [1.82, 2.24) is 5.09 Å². The first kappa shape index (κ1) is 10.5. The van der Waals surface area contributed by atoms with Gasteiger partial charge in [-0.15, -0.1) is 0 Å². The van der Waals surface area contributed by atoms with Gasteiger partial charge in [-0.2, -0.15) is 0 Å². The zero-order valence-corrected chi connectivity index (χ0v) is 8.60. The Bertz CT molecular complexity index is 121. The molecule has 0 aliphatic rings. The molecule has 0 amide bonds. The van der Waals surface area contributed by atoms with Crippen LogP contribution in [0.25, 0.3) is 0 Å². The summed E-state index contributed by atoms with van der Waals surface area (Å²) in [5.74, 6) is 0.992. The zero-order chi connectivity index (χ0) is 8.04. The topological polar surface area (TPSA) is 29.1 Å². The van der Waals surface area contributed by atoms with E-state index in [2.05, 4.69) is 12.0 Å². The molecule has 10 heavy (non-hydrogen) atoms. The number of nitrogens with one attached hydrogen (secondary N) is 1. The maximum absolute atomic E-state index is 11.6. The summed E-state index contributed by atoms with van der Waals surface area (Å²) in [7, 11) is 1.77. The van der Waals surface area contributed by atoms with E-state index in [9.17, 15) is 4.57 Å². The lowest BCUT2D eigenvalue weighted by atomic mass is 10.6. The number of hydrogen-bond acceptors (Lipinski definition) is 2. The van der Waals surface area contributed by atoms with Gasteiger partial charge in [0.2, 0.25) is 0 Å².